The maximum absolute atomic E-state index is 5.78. The quantitative estimate of drug-likeness (QED) is 0.833. The van der Waals surface area contributed by atoms with Crippen molar-refractivity contribution in [1.82, 2.24) is 19.3 Å². The van der Waals surface area contributed by atoms with E-state index < -0.39 is 0 Å². The first-order valence-electron chi connectivity index (χ1n) is 6.24. The second kappa shape index (κ2) is 4.45. The van der Waals surface area contributed by atoms with Crippen LogP contribution in [0, 0.1) is 5.92 Å². The number of aromatic nitrogens is 3. The zero-order valence-corrected chi connectivity index (χ0v) is 10.5. The van der Waals surface area contributed by atoms with Crippen LogP contribution in [0.2, 0.25) is 0 Å². The Morgan fingerprint density at radius 1 is 1.56 bits per heavy atom. The monoisotopic (exact) mass is 246 g/mol. The number of anilines is 2. The van der Waals surface area contributed by atoms with Gasteiger partial charge >= 0.3 is 0 Å². The topological polar surface area (TPSA) is 71.5 Å². The van der Waals surface area contributed by atoms with Gasteiger partial charge in [-0.25, -0.2) is 9.97 Å². The number of nitrogen functional groups attached to an aromatic ring is 1. The second-order valence-corrected chi connectivity index (χ2v) is 4.97. The summed E-state index contributed by atoms with van der Waals surface area (Å²) in [6.45, 7) is 3.23. The third kappa shape index (κ3) is 2.11. The van der Waals surface area contributed by atoms with Crippen molar-refractivity contribution in [3.63, 3.8) is 0 Å². The highest BCUT2D eigenvalue weighted by molar-refractivity contribution is 5.64. The zero-order chi connectivity index (χ0) is 12.5. The van der Waals surface area contributed by atoms with Crippen molar-refractivity contribution >= 4 is 17.3 Å². The van der Waals surface area contributed by atoms with Gasteiger partial charge in [-0.3, -0.25) is 0 Å². The largest absolute Gasteiger partial charge is 0.382 e. The normalized spacial score (nSPS) is 20.6. The molecule has 1 aliphatic heterocycles. The van der Waals surface area contributed by atoms with Crippen LogP contribution in [0.4, 0.5) is 11.6 Å². The molecule has 3 N–H and O–H groups in total. The minimum Gasteiger partial charge on any atom is -0.382 e. The Hall–Kier alpha value is -1.82. The highest BCUT2D eigenvalue weighted by Gasteiger charge is 2.19. The van der Waals surface area contributed by atoms with E-state index in [9.17, 15) is 0 Å². The molecule has 96 valence electrons. The number of hydrogen-bond donors (Lipinski definition) is 2. The van der Waals surface area contributed by atoms with Crippen LogP contribution < -0.4 is 11.1 Å². The summed E-state index contributed by atoms with van der Waals surface area (Å²) in [7, 11) is 2.16. The average Bonchev–Trinajstić information content (AvgIpc) is 2.94. The van der Waals surface area contributed by atoms with Gasteiger partial charge in [-0.15, -0.1) is 0 Å². The molecule has 3 rings (SSSR count). The standard InChI is InChI=1S/C12H18N6/c1-17-4-2-9(7-17)6-15-11-12-14-3-5-18(12)8-10(13)16-11/h3,5,8-9H,2,4,6-7,13H2,1H3,(H,15,16). The Labute approximate surface area is 106 Å². The first-order chi connectivity index (χ1) is 8.72. The third-order valence-electron chi connectivity index (χ3n) is 3.44. The molecule has 1 saturated heterocycles. The number of nitrogens with zero attached hydrogens (tertiary/aromatic N) is 4. The SMILES string of the molecule is CN1CCC(CNc2nc(N)cn3ccnc23)C1. The van der Waals surface area contributed by atoms with Crippen molar-refractivity contribution < 1.29 is 0 Å². The van der Waals surface area contributed by atoms with Gasteiger partial charge in [0.25, 0.3) is 0 Å². The number of fused-ring (bicyclic) bond motifs is 1. The van der Waals surface area contributed by atoms with E-state index in [1.165, 1.54) is 13.0 Å². The van der Waals surface area contributed by atoms with Gasteiger partial charge in [0.05, 0.1) is 6.20 Å². The molecule has 0 saturated carbocycles. The van der Waals surface area contributed by atoms with Crippen molar-refractivity contribution in [2.24, 2.45) is 5.92 Å². The molecular weight excluding hydrogens is 228 g/mol. The molecular formula is C12H18N6. The van der Waals surface area contributed by atoms with Crippen molar-refractivity contribution in [3.05, 3.63) is 18.6 Å². The van der Waals surface area contributed by atoms with E-state index in [1.54, 1.807) is 12.4 Å². The molecule has 0 aliphatic carbocycles. The average molecular weight is 246 g/mol. The fourth-order valence-electron chi connectivity index (χ4n) is 2.50. The molecule has 0 bridgehead atoms. The molecule has 0 spiro atoms. The van der Waals surface area contributed by atoms with Crippen molar-refractivity contribution in [2.75, 3.05) is 37.7 Å². The van der Waals surface area contributed by atoms with Crippen LogP contribution in [0.5, 0.6) is 0 Å². The van der Waals surface area contributed by atoms with E-state index in [-0.39, 0.29) is 0 Å². The van der Waals surface area contributed by atoms with E-state index in [1.807, 2.05) is 10.6 Å². The zero-order valence-electron chi connectivity index (χ0n) is 10.5. The summed E-state index contributed by atoms with van der Waals surface area (Å²) in [6.07, 6.45) is 6.64. The van der Waals surface area contributed by atoms with Crippen LogP contribution in [0.15, 0.2) is 18.6 Å². The fraction of sp³-hybridized carbons (Fsp3) is 0.500. The molecule has 0 radical (unpaired) electrons. The van der Waals surface area contributed by atoms with E-state index in [2.05, 4.69) is 27.2 Å². The van der Waals surface area contributed by atoms with Crippen molar-refractivity contribution in [1.29, 1.82) is 0 Å². The van der Waals surface area contributed by atoms with Gasteiger partial charge in [0, 0.05) is 25.5 Å². The third-order valence-corrected chi connectivity index (χ3v) is 3.44. The van der Waals surface area contributed by atoms with Gasteiger partial charge in [0.2, 0.25) is 0 Å². The molecule has 0 amide bonds. The number of nitrogens with one attached hydrogen (secondary N) is 1. The highest BCUT2D eigenvalue weighted by Crippen LogP contribution is 2.18. The summed E-state index contributed by atoms with van der Waals surface area (Å²) in [6, 6.07) is 0. The van der Waals surface area contributed by atoms with Gasteiger partial charge in [-0.1, -0.05) is 0 Å². The summed E-state index contributed by atoms with van der Waals surface area (Å²) in [4.78, 5) is 11.0. The molecule has 0 aromatic carbocycles. The van der Waals surface area contributed by atoms with Crippen molar-refractivity contribution in [3.8, 4) is 0 Å². The molecule has 18 heavy (non-hydrogen) atoms. The lowest BCUT2D eigenvalue weighted by atomic mass is 10.1. The van der Waals surface area contributed by atoms with Gasteiger partial charge in [0.1, 0.15) is 5.82 Å². The first kappa shape index (κ1) is 11.3. The Morgan fingerprint density at radius 3 is 3.22 bits per heavy atom. The molecule has 2 aromatic rings. The van der Waals surface area contributed by atoms with Crippen LogP contribution in [0.3, 0.4) is 0 Å². The molecule has 6 heteroatoms. The molecule has 1 fully saturated rings. The molecule has 1 aliphatic rings. The van der Waals surface area contributed by atoms with Gasteiger partial charge < -0.3 is 20.4 Å². The Kier molecular flexibility index (Phi) is 2.79. The number of rotatable bonds is 3. The lowest BCUT2D eigenvalue weighted by Gasteiger charge is -2.13. The highest BCUT2D eigenvalue weighted by atomic mass is 15.1. The van der Waals surface area contributed by atoms with E-state index in [4.69, 9.17) is 5.73 Å². The van der Waals surface area contributed by atoms with Gasteiger partial charge in [-0.2, -0.15) is 0 Å². The van der Waals surface area contributed by atoms with Crippen LogP contribution in [0.25, 0.3) is 5.65 Å². The second-order valence-electron chi connectivity index (χ2n) is 4.97. The lowest BCUT2D eigenvalue weighted by Crippen LogP contribution is -2.20. The predicted octanol–water partition coefficient (Wildman–Crippen LogP) is 0.675. The number of hydrogen-bond acceptors (Lipinski definition) is 5. The van der Waals surface area contributed by atoms with E-state index in [0.29, 0.717) is 11.7 Å². The molecule has 6 nitrogen and oxygen atoms in total. The Bertz CT molecular complexity index is 548. The minimum absolute atomic E-state index is 0.506. The summed E-state index contributed by atoms with van der Waals surface area (Å²) in [5.74, 6) is 1.95. The predicted molar refractivity (Wildman–Crippen MR) is 71.5 cm³/mol. The number of imidazole rings is 1. The minimum atomic E-state index is 0.506. The van der Waals surface area contributed by atoms with Crippen LogP contribution in [-0.4, -0.2) is 46.0 Å². The smallest absolute Gasteiger partial charge is 0.180 e. The summed E-state index contributed by atoms with van der Waals surface area (Å²) in [5.41, 5.74) is 6.61. The fourth-order valence-corrected chi connectivity index (χ4v) is 2.50. The summed E-state index contributed by atoms with van der Waals surface area (Å²) < 4.78 is 1.89. The van der Waals surface area contributed by atoms with Crippen LogP contribution >= 0.6 is 0 Å². The van der Waals surface area contributed by atoms with E-state index in [0.717, 1.165) is 24.6 Å². The van der Waals surface area contributed by atoms with Gasteiger partial charge in [0.15, 0.2) is 11.5 Å². The summed E-state index contributed by atoms with van der Waals surface area (Å²) in [5, 5.41) is 3.38. The molecule has 1 atom stereocenters. The molecule has 2 aromatic heterocycles. The Morgan fingerprint density at radius 2 is 2.44 bits per heavy atom. The van der Waals surface area contributed by atoms with Crippen LogP contribution in [-0.2, 0) is 0 Å². The Balaban J connectivity index is 1.75. The molecule has 3 heterocycles. The lowest BCUT2D eigenvalue weighted by molar-refractivity contribution is 0.399. The summed E-state index contributed by atoms with van der Waals surface area (Å²) >= 11 is 0. The van der Waals surface area contributed by atoms with Crippen molar-refractivity contribution in [2.45, 2.75) is 6.42 Å². The van der Waals surface area contributed by atoms with Gasteiger partial charge in [-0.05, 0) is 25.9 Å². The maximum atomic E-state index is 5.78. The van der Waals surface area contributed by atoms with E-state index >= 15 is 0 Å². The number of nitrogens with two attached hydrogens (primary N) is 1. The molecule has 1 unspecified atom stereocenters. The maximum Gasteiger partial charge on any atom is 0.180 e. The first-order valence-corrected chi connectivity index (χ1v) is 6.24. The number of likely N-dealkylation sites (tertiary alicyclic amines) is 1. The van der Waals surface area contributed by atoms with Crippen LogP contribution in [0.1, 0.15) is 6.42 Å².